The number of allylic oxidation sites excluding steroid dienone is 14. The van der Waals surface area contributed by atoms with Crippen LogP contribution < -0.4 is 5.73 Å². The molecule has 17 nitrogen and oxygen atoms in total. The lowest BCUT2D eigenvalue weighted by molar-refractivity contribution is -0.338. The molecule has 57 heavy (non-hydrogen) atoms. The number of methoxy groups -OCH3 is 1. The Bertz CT molecular complexity index is 1690. The van der Waals surface area contributed by atoms with Crippen molar-refractivity contribution in [1.29, 1.82) is 0 Å². The lowest BCUT2D eigenvalue weighted by Crippen LogP contribution is -2.65. The van der Waals surface area contributed by atoms with Crippen LogP contribution in [0, 0.1) is 0 Å². The SMILES string of the molecule is COC1C(OC2COC(OC3C(O)C(O)COC3N3C(=O)C(=C(O)C=CC=CC=CC=CC=C(Cl)C=CC=C(C)Cl)C(=O)C3CC(N)=O)C(O)C2O)OC(C)C1O. The molecule has 4 aliphatic heterocycles. The molecule has 0 aromatic heterocycles. The lowest BCUT2D eigenvalue weighted by atomic mass is 10.0. The summed E-state index contributed by atoms with van der Waals surface area (Å²) in [4.78, 5) is 40.3. The van der Waals surface area contributed by atoms with Crippen LogP contribution in [0.2, 0.25) is 0 Å². The Labute approximate surface area is 338 Å². The van der Waals surface area contributed by atoms with Crippen LogP contribution in [0.5, 0.6) is 0 Å². The average Bonchev–Trinajstić information content (AvgIpc) is 3.56. The van der Waals surface area contributed by atoms with Crippen molar-refractivity contribution in [3.05, 3.63) is 94.3 Å². The van der Waals surface area contributed by atoms with Crippen LogP contribution >= 0.6 is 23.2 Å². The third kappa shape index (κ3) is 11.8. The molecular weight excluding hydrogens is 795 g/mol. The Kier molecular flexibility index (Phi) is 17.4. The second kappa shape index (κ2) is 21.5. The van der Waals surface area contributed by atoms with Crippen molar-refractivity contribution in [3.8, 4) is 0 Å². The third-order valence-corrected chi connectivity index (χ3v) is 9.58. The monoisotopic (exact) mass is 842 g/mol. The summed E-state index contributed by atoms with van der Waals surface area (Å²) in [5.74, 6) is -3.84. The van der Waals surface area contributed by atoms with Crippen molar-refractivity contribution in [1.82, 2.24) is 4.90 Å². The number of amides is 2. The van der Waals surface area contributed by atoms with Gasteiger partial charge in [0.25, 0.3) is 5.91 Å². The molecule has 0 radical (unpaired) electrons. The van der Waals surface area contributed by atoms with Gasteiger partial charge in [0.05, 0.1) is 25.7 Å². The van der Waals surface area contributed by atoms with E-state index in [2.05, 4.69) is 0 Å². The molecule has 19 heteroatoms. The first-order valence-corrected chi connectivity index (χ1v) is 18.6. The molecule has 4 aliphatic rings. The molecule has 4 fully saturated rings. The second-order valence-corrected chi connectivity index (χ2v) is 14.4. The number of hydrogen-bond donors (Lipinski definition) is 7. The van der Waals surface area contributed by atoms with Crippen molar-refractivity contribution < 1.29 is 73.4 Å². The highest BCUT2D eigenvalue weighted by atomic mass is 35.5. The molecule has 4 heterocycles. The summed E-state index contributed by atoms with van der Waals surface area (Å²) in [7, 11) is 1.34. The highest BCUT2D eigenvalue weighted by Gasteiger charge is 2.56. The van der Waals surface area contributed by atoms with Crippen LogP contribution in [0.3, 0.4) is 0 Å². The van der Waals surface area contributed by atoms with E-state index in [1.54, 1.807) is 68.5 Å². The van der Waals surface area contributed by atoms with E-state index < -0.39 is 128 Å². The molecule has 0 aromatic carbocycles. The van der Waals surface area contributed by atoms with Gasteiger partial charge in [0.15, 0.2) is 24.6 Å². The Morgan fingerprint density at radius 1 is 0.842 bits per heavy atom. The zero-order valence-corrected chi connectivity index (χ0v) is 32.7. The quantitative estimate of drug-likeness (QED) is 0.0514. The zero-order chi connectivity index (χ0) is 42.0. The number of halogens is 2. The van der Waals surface area contributed by atoms with Crippen LogP contribution in [0.15, 0.2) is 94.3 Å². The van der Waals surface area contributed by atoms with Gasteiger partial charge in [-0.3, -0.25) is 19.3 Å². The van der Waals surface area contributed by atoms with Crippen LogP contribution in [0.1, 0.15) is 20.3 Å². The lowest BCUT2D eigenvalue weighted by Gasteiger charge is -2.46. The highest BCUT2D eigenvalue weighted by molar-refractivity contribution is 6.31. The molecule has 0 aliphatic carbocycles. The average molecular weight is 844 g/mol. The second-order valence-electron chi connectivity index (χ2n) is 13.3. The molecular formula is C38H48Cl2N2O15. The first-order chi connectivity index (χ1) is 27.1. The van der Waals surface area contributed by atoms with E-state index in [0.717, 1.165) is 11.0 Å². The van der Waals surface area contributed by atoms with E-state index in [1.807, 2.05) is 0 Å². The van der Waals surface area contributed by atoms with Gasteiger partial charge >= 0.3 is 0 Å². The number of hydrogen-bond acceptors (Lipinski definition) is 15. The van der Waals surface area contributed by atoms with Crippen LogP contribution in [0.4, 0.5) is 0 Å². The Morgan fingerprint density at radius 3 is 2.16 bits per heavy atom. The maximum atomic E-state index is 13.8. The fourth-order valence-corrected chi connectivity index (χ4v) is 6.48. The minimum absolute atomic E-state index is 0.405. The van der Waals surface area contributed by atoms with E-state index in [9.17, 15) is 45.0 Å². The Balaban J connectivity index is 1.48. The summed E-state index contributed by atoms with van der Waals surface area (Å²) in [6.45, 7) is 2.37. The van der Waals surface area contributed by atoms with Gasteiger partial charge in [-0.1, -0.05) is 71.8 Å². The number of primary amides is 1. The molecule has 4 saturated heterocycles. The van der Waals surface area contributed by atoms with E-state index >= 15 is 0 Å². The molecule has 0 aromatic rings. The molecule has 13 unspecified atom stereocenters. The summed E-state index contributed by atoms with van der Waals surface area (Å²) in [5, 5.41) is 65.7. The summed E-state index contributed by atoms with van der Waals surface area (Å²) in [5.41, 5.74) is 4.71. The van der Waals surface area contributed by atoms with Crippen molar-refractivity contribution in [3.63, 3.8) is 0 Å². The van der Waals surface area contributed by atoms with Crippen LogP contribution in [-0.2, 0) is 42.8 Å². The number of ether oxygens (including phenoxy) is 6. The van der Waals surface area contributed by atoms with Crippen molar-refractivity contribution in [2.24, 2.45) is 5.73 Å². The minimum Gasteiger partial charge on any atom is -0.507 e. The molecule has 314 valence electrons. The topological polar surface area (TPSA) is 257 Å². The van der Waals surface area contributed by atoms with Crippen LogP contribution in [0.25, 0.3) is 0 Å². The van der Waals surface area contributed by atoms with Gasteiger partial charge in [-0.25, -0.2) is 0 Å². The summed E-state index contributed by atoms with van der Waals surface area (Å²) < 4.78 is 33.7. The third-order valence-electron chi connectivity index (χ3n) is 9.21. The van der Waals surface area contributed by atoms with Gasteiger partial charge in [0, 0.05) is 17.2 Å². The number of Topliss-reactive ketones (excluding diaryl/α,β-unsaturated/α-hetero) is 1. The fourth-order valence-electron chi connectivity index (χ4n) is 6.26. The molecule has 0 saturated carbocycles. The first-order valence-electron chi connectivity index (χ1n) is 17.8. The number of nitrogens with zero attached hydrogens (tertiary/aromatic N) is 1. The van der Waals surface area contributed by atoms with E-state index in [-0.39, 0.29) is 0 Å². The number of carbonyl (C=O) groups is 3. The normalized spacial score (nSPS) is 37.0. The summed E-state index contributed by atoms with van der Waals surface area (Å²) >= 11 is 11.8. The van der Waals surface area contributed by atoms with Crippen molar-refractivity contribution in [2.75, 3.05) is 20.3 Å². The predicted molar refractivity (Wildman–Crippen MR) is 203 cm³/mol. The molecule has 0 spiro atoms. The van der Waals surface area contributed by atoms with Gasteiger partial charge in [-0.2, -0.15) is 0 Å². The van der Waals surface area contributed by atoms with Crippen LogP contribution in [-0.4, -0.2) is 153 Å². The Hall–Kier alpha value is -3.53. The number of aliphatic hydroxyl groups is 6. The maximum absolute atomic E-state index is 13.8. The first kappa shape index (κ1) is 46.2. The summed E-state index contributed by atoms with van der Waals surface area (Å²) in [6, 6.07) is -1.62. The molecule has 4 rings (SSSR count). The number of likely N-dealkylation sites (tertiary alicyclic amines) is 1. The summed E-state index contributed by atoms with van der Waals surface area (Å²) in [6.07, 6.45) is 1.26. The Morgan fingerprint density at radius 2 is 1.51 bits per heavy atom. The number of aliphatic hydroxyl groups excluding tert-OH is 6. The number of ketones is 1. The predicted octanol–water partition coefficient (Wildman–Crippen LogP) is 0.547. The fraction of sp³-hybridized carbons (Fsp3) is 0.500. The smallest absolute Gasteiger partial charge is 0.264 e. The minimum atomic E-state index is -1.85. The highest BCUT2D eigenvalue weighted by Crippen LogP contribution is 2.35. The number of rotatable bonds is 15. The van der Waals surface area contributed by atoms with Gasteiger partial charge in [0.2, 0.25) is 5.91 Å². The molecule has 0 bridgehead atoms. The standard InChI is InChI=1S/C38H48Cl2N2O15/c1-19(39)12-11-14-21(40)13-9-7-5-4-6-8-10-15-23(43)27-29(47)22(16-26(41)45)42(35(27)51)36-33(30(48)24(44)17-53-36)57-37-32(50)31(49)25(18-54-37)56-38-34(52-3)28(46)20(2)55-38/h4-15,20,22,24-25,28,30-34,36-38,43-44,46,48-50H,16-18H2,1-3H3,(H2,41,45). The van der Waals surface area contributed by atoms with Gasteiger partial charge < -0.3 is 64.8 Å². The molecule has 2 amide bonds. The van der Waals surface area contributed by atoms with E-state index in [4.69, 9.17) is 57.4 Å². The maximum Gasteiger partial charge on any atom is 0.264 e. The largest absolute Gasteiger partial charge is 0.507 e. The van der Waals surface area contributed by atoms with E-state index in [1.165, 1.54) is 19.3 Å². The van der Waals surface area contributed by atoms with E-state index in [0.29, 0.717) is 10.1 Å². The zero-order valence-electron chi connectivity index (χ0n) is 31.2. The number of nitrogens with two attached hydrogens (primary N) is 1. The van der Waals surface area contributed by atoms with Crippen molar-refractivity contribution >= 4 is 40.8 Å². The number of carbonyl (C=O) groups excluding carboxylic acids is 3. The van der Waals surface area contributed by atoms with Gasteiger partial charge in [-0.15, -0.1) is 0 Å². The van der Waals surface area contributed by atoms with Gasteiger partial charge in [0.1, 0.15) is 66.2 Å². The molecule has 8 N–H and O–H groups in total. The molecule has 13 atom stereocenters. The van der Waals surface area contributed by atoms with Crippen molar-refractivity contribution in [2.45, 2.75) is 100 Å². The van der Waals surface area contributed by atoms with Gasteiger partial charge in [-0.05, 0) is 38.2 Å².